The minimum atomic E-state index is -4.91. The summed E-state index contributed by atoms with van der Waals surface area (Å²) in [6.07, 6.45) is -8.94. The minimum Gasteiger partial charge on any atom is -0.259 e. The summed E-state index contributed by atoms with van der Waals surface area (Å²) in [6.45, 7) is 0.745. The van der Waals surface area contributed by atoms with Crippen LogP contribution >= 0.6 is 0 Å². The lowest BCUT2D eigenvalue weighted by molar-refractivity contribution is -0.174. The van der Waals surface area contributed by atoms with Crippen molar-refractivity contribution in [3.63, 3.8) is 0 Å². The Balaban J connectivity index is 2.60. The van der Waals surface area contributed by atoms with Gasteiger partial charge in [0, 0.05) is 6.20 Å². The molecule has 0 saturated heterocycles. The molecule has 0 saturated carbocycles. The Morgan fingerprint density at radius 1 is 0.885 bits per heavy atom. The average molecular weight is 398 g/mol. The van der Waals surface area contributed by atoms with Crippen LogP contribution in [0.25, 0.3) is 0 Å². The SMILES string of the molecule is C[C@@](c1ccc(C(F)(F)F)cc1)(c1ccc(S(N)(=O)=O)cn1)C(F)(F)F. The second kappa shape index (κ2) is 6.23. The summed E-state index contributed by atoms with van der Waals surface area (Å²) < 4.78 is 101. The maximum atomic E-state index is 13.7. The molecule has 2 N–H and O–H groups in total. The highest BCUT2D eigenvalue weighted by Crippen LogP contribution is 2.45. The third-order valence-corrected chi connectivity index (χ3v) is 4.83. The van der Waals surface area contributed by atoms with E-state index in [2.05, 4.69) is 4.98 Å². The van der Waals surface area contributed by atoms with Crippen molar-refractivity contribution in [3.8, 4) is 0 Å². The van der Waals surface area contributed by atoms with Gasteiger partial charge in [-0.05, 0) is 36.8 Å². The van der Waals surface area contributed by atoms with Crippen LogP contribution in [0, 0.1) is 0 Å². The summed E-state index contributed by atoms with van der Waals surface area (Å²) in [5.41, 5.74) is -4.91. The molecule has 0 amide bonds. The average Bonchev–Trinajstić information content (AvgIpc) is 2.51. The lowest BCUT2D eigenvalue weighted by Gasteiger charge is -2.32. The predicted molar refractivity (Wildman–Crippen MR) is 79.6 cm³/mol. The van der Waals surface area contributed by atoms with Gasteiger partial charge in [-0.1, -0.05) is 12.1 Å². The van der Waals surface area contributed by atoms with Gasteiger partial charge in [-0.25, -0.2) is 13.6 Å². The Bertz CT molecular complexity index is 890. The lowest BCUT2D eigenvalue weighted by Crippen LogP contribution is -2.41. The quantitative estimate of drug-likeness (QED) is 0.803. The number of alkyl halides is 6. The van der Waals surface area contributed by atoms with E-state index in [1.54, 1.807) is 0 Å². The van der Waals surface area contributed by atoms with Crippen molar-refractivity contribution in [2.24, 2.45) is 5.14 Å². The van der Waals surface area contributed by atoms with Crippen LogP contribution in [-0.2, 0) is 21.6 Å². The van der Waals surface area contributed by atoms with Crippen molar-refractivity contribution in [2.45, 2.75) is 29.6 Å². The Labute approximate surface area is 144 Å². The number of sulfonamides is 1. The first kappa shape index (κ1) is 20.2. The molecule has 0 aliphatic rings. The van der Waals surface area contributed by atoms with Crippen molar-refractivity contribution in [3.05, 3.63) is 59.4 Å². The van der Waals surface area contributed by atoms with Gasteiger partial charge in [0.25, 0.3) is 0 Å². The molecule has 2 rings (SSSR count). The summed E-state index contributed by atoms with van der Waals surface area (Å²) >= 11 is 0. The number of benzene rings is 1. The van der Waals surface area contributed by atoms with E-state index in [9.17, 15) is 34.8 Å². The summed E-state index contributed by atoms with van der Waals surface area (Å²) in [6, 6.07) is 4.18. The number of aromatic nitrogens is 1. The molecule has 142 valence electrons. The Morgan fingerprint density at radius 3 is 1.73 bits per heavy atom. The largest absolute Gasteiger partial charge is 0.416 e. The monoisotopic (exact) mass is 398 g/mol. The number of rotatable bonds is 3. The van der Waals surface area contributed by atoms with Gasteiger partial charge in [0.15, 0.2) is 0 Å². The van der Waals surface area contributed by atoms with Crippen molar-refractivity contribution in [1.29, 1.82) is 0 Å². The molecule has 0 unspecified atom stereocenters. The summed E-state index contributed by atoms with van der Waals surface area (Å²) in [5, 5.41) is 4.87. The van der Waals surface area contributed by atoms with Gasteiger partial charge < -0.3 is 0 Å². The Kier molecular flexibility index (Phi) is 4.84. The zero-order valence-corrected chi connectivity index (χ0v) is 13.9. The van der Waals surface area contributed by atoms with Gasteiger partial charge in [0.05, 0.1) is 11.3 Å². The number of halogens is 6. The first-order valence-corrected chi connectivity index (χ1v) is 8.46. The molecule has 0 aliphatic heterocycles. The highest BCUT2D eigenvalue weighted by atomic mass is 32.2. The Hall–Kier alpha value is -2.14. The van der Waals surface area contributed by atoms with Gasteiger partial charge in [-0.2, -0.15) is 26.3 Å². The molecule has 2 aromatic rings. The van der Waals surface area contributed by atoms with Crippen LogP contribution in [-0.4, -0.2) is 19.6 Å². The highest BCUT2D eigenvalue weighted by Gasteiger charge is 2.54. The van der Waals surface area contributed by atoms with Crippen molar-refractivity contribution >= 4 is 10.0 Å². The van der Waals surface area contributed by atoms with E-state index < -0.39 is 49.5 Å². The van der Waals surface area contributed by atoms with E-state index in [1.165, 1.54) is 0 Å². The van der Waals surface area contributed by atoms with Gasteiger partial charge in [0.1, 0.15) is 10.3 Å². The molecule has 26 heavy (non-hydrogen) atoms. The van der Waals surface area contributed by atoms with Crippen LogP contribution in [0.15, 0.2) is 47.5 Å². The number of hydrogen-bond acceptors (Lipinski definition) is 3. The van der Waals surface area contributed by atoms with E-state index in [0.29, 0.717) is 30.5 Å². The van der Waals surface area contributed by atoms with Gasteiger partial charge >= 0.3 is 12.4 Å². The molecule has 1 atom stereocenters. The molecule has 0 bridgehead atoms. The first-order chi connectivity index (χ1) is 11.7. The number of hydrogen-bond donors (Lipinski definition) is 1. The fourth-order valence-corrected chi connectivity index (χ4v) is 2.75. The smallest absolute Gasteiger partial charge is 0.259 e. The normalized spacial score (nSPS) is 15.5. The second-order valence-corrected chi connectivity index (χ2v) is 7.18. The topological polar surface area (TPSA) is 73.1 Å². The molecule has 0 radical (unpaired) electrons. The Morgan fingerprint density at radius 2 is 1.38 bits per heavy atom. The molecule has 1 aromatic heterocycles. The number of primary sulfonamides is 1. The van der Waals surface area contributed by atoms with Crippen molar-refractivity contribution < 1.29 is 34.8 Å². The van der Waals surface area contributed by atoms with Crippen LogP contribution in [0.5, 0.6) is 0 Å². The second-order valence-electron chi connectivity index (χ2n) is 5.62. The van der Waals surface area contributed by atoms with Crippen LogP contribution in [0.1, 0.15) is 23.7 Å². The molecule has 4 nitrogen and oxygen atoms in total. The number of pyridine rings is 1. The molecular formula is C15H12F6N2O2S. The zero-order chi connectivity index (χ0) is 20.0. The highest BCUT2D eigenvalue weighted by molar-refractivity contribution is 7.89. The standard InChI is InChI=1S/C15H12F6N2O2S/c1-13(15(19,20)21,9-2-4-10(5-3-9)14(16,17)18)12-7-6-11(8-23-12)26(22,24)25/h2-8H,1H3,(H2,22,24,25)/t13-/m1/s1. The first-order valence-electron chi connectivity index (χ1n) is 6.91. The fourth-order valence-electron chi connectivity index (χ4n) is 2.29. The van der Waals surface area contributed by atoms with Crippen LogP contribution in [0.3, 0.4) is 0 Å². The molecule has 11 heteroatoms. The van der Waals surface area contributed by atoms with Gasteiger partial charge in [-0.15, -0.1) is 0 Å². The number of nitrogens with two attached hydrogens (primary N) is 1. The number of nitrogens with zero attached hydrogens (tertiary/aromatic N) is 1. The van der Waals surface area contributed by atoms with Gasteiger partial charge in [0.2, 0.25) is 10.0 Å². The minimum absolute atomic E-state index is 0.478. The fraction of sp³-hybridized carbons (Fsp3) is 0.267. The molecule has 1 heterocycles. The molecule has 0 aliphatic carbocycles. The van der Waals surface area contributed by atoms with E-state index >= 15 is 0 Å². The summed E-state index contributed by atoms with van der Waals surface area (Å²) in [7, 11) is -4.16. The molecule has 0 fully saturated rings. The van der Waals surface area contributed by atoms with Crippen LogP contribution in [0.4, 0.5) is 26.3 Å². The van der Waals surface area contributed by atoms with Crippen LogP contribution < -0.4 is 5.14 Å². The van der Waals surface area contributed by atoms with E-state index in [0.717, 1.165) is 19.1 Å². The third kappa shape index (κ3) is 3.68. The van der Waals surface area contributed by atoms with Gasteiger partial charge in [-0.3, -0.25) is 4.98 Å². The van der Waals surface area contributed by atoms with Crippen LogP contribution in [0.2, 0.25) is 0 Å². The maximum absolute atomic E-state index is 13.7. The third-order valence-electron chi connectivity index (χ3n) is 3.93. The molecular weight excluding hydrogens is 386 g/mol. The maximum Gasteiger partial charge on any atom is 0.416 e. The van der Waals surface area contributed by atoms with Crippen molar-refractivity contribution in [2.75, 3.05) is 0 Å². The van der Waals surface area contributed by atoms with Crippen molar-refractivity contribution in [1.82, 2.24) is 4.98 Å². The lowest BCUT2D eigenvalue weighted by atomic mass is 9.78. The van der Waals surface area contributed by atoms with E-state index in [1.807, 2.05) is 0 Å². The molecule has 1 aromatic carbocycles. The van der Waals surface area contributed by atoms with E-state index in [4.69, 9.17) is 5.14 Å². The molecule has 0 spiro atoms. The predicted octanol–water partition coefficient (Wildman–Crippen LogP) is 3.62. The summed E-state index contributed by atoms with van der Waals surface area (Å²) in [4.78, 5) is 3.04. The zero-order valence-electron chi connectivity index (χ0n) is 13.1. The van der Waals surface area contributed by atoms with E-state index in [-0.39, 0.29) is 0 Å². The summed E-state index contributed by atoms with van der Waals surface area (Å²) in [5.74, 6) is 0.